The Balaban J connectivity index is 2.75. The zero-order valence-corrected chi connectivity index (χ0v) is 5.69. The minimum Gasteiger partial charge on any atom is -0.340 e. The molecule has 10 heavy (non-hydrogen) atoms. The Labute approximate surface area is 59.0 Å². The number of rotatable bonds is 2. The first-order valence-electron chi connectivity index (χ1n) is 2.93. The molecule has 3 nitrogen and oxygen atoms in total. The SMILES string of the molecule is Cn1cnc(C=CC=O)c1. The van der Waals surface area contributed by atoms with Crippen LogP contribution >= 0.6 is 0 Å². The van der Waals surface area contributed by atoms with Crippen LogP contribution in [0.25, 0.3) is 6.08 Å². The first-order chi connectivity index (χ1) is 4.83. The number of imidazole rings is 1. The standard InChI is InChI=1S/C7H8N2O/c1-9-5-7(8-6-9)3-2-4-10/h2-6H,1H3. The number of hydrogen-bond donors (Lipinski definition) is 0. The molecule has 0 radical (unpaired) electrons. The van der Waals surface area contributed by atoms with Crippen molar-refractivity contribution in [2.24, 2.45) is 7.05 Å². The molecule has 1 aromatic rings. The van der Waals surface area contributed by atoms with Crippen molar-refractivity contribution in [1.82, 2.24) is 9.55 Å². The lowest BCUT2D eigenvalue weighted by molar-refractivity contribution is -0.104. The molecule has 0 aliphatic carbocycles. The van der Waals surface area contributed by atoms with Gasteiger partial charge in [0.1, 0.15) is 6.29 Å². The van der Waals surface area contributed by atoms with Crippen LogP contribution in [0.3, 0.4) is 0 Å². The fourth-order valence-electron chi connectivity index (χ4n) is 0.657. The van der Waals surface area contributed by atoms with E-state index >= 15 is 0 Å². The summed E-state index contributed by atoms with van der Waals surface area (Å²) >= 11 is 0. The number of aldehydes is 1. The van der Waals surface area contributed by atoms with E-state index in [0.717, 1.165) is 12.0 Å². The highest BCUT2D eigenvalue weighted by molar-refractivity contribution is 5.72. The summed E-state index contributed by atoms with van der Waals surface area (Å²) in [7, 11) is 1.88. The van der Waals surface area contributed by atoms with Crippen LogP contribution < -0.4 is 0 Å². The van der Waals surface area contributed by atoms with E-state index in [0.29, 0.717) is 0 Å². The molecular formula is C7H8N2O. The lowest BCUT2D eigenvalue weighted by atomic mass is 10.4. The van der Waals surface area contributed by atoms with Crippen molar-refractivity contribution in [2.45, 2.75) is 0 Å². The Hall–Kier alpha value is -1.38. The van der Waals surface area contributed by atoms with Gasteiger partial charge in [-0.1, -0.05) is 0 Å². The Kier molecular flexibility index (Phi) is 1.99. The molecule has 0 N–H and O–H groups in total. The summed E-state index contributed by atoms with van der Waals surface area (Å²) < 4.78 is 1.82. The molecule has 0 aliphatic rings. The third kappa shape index (κ3) is 1.55. The molecule has 0 amide bonds. The number of carbonyl (C=O) groups excluding carboxylic acids is 1. The number of nitrogens with zero attached hydrogens (tertiary/aromatic N) is 2. The van der Waals surface area contributed by atoms with Crippen molar-refractivity contribution in [2.75, 3.05) is 0 Å². The zero-order chi connectivity index (χ0) is 7.40. The van der Waals surface area contributed by atoms with E-state index in [1.165, 1.54) is 6.08 Å². The predicted octanol–water partition coefficient (Wildman–Crippen LogP) is 0.632. The molecule has 3 heteroatoms. The van der Waals surface area contributed by atoms with Gasteiger partial charge < -0.3 is 4.57 Å². The third-order valence-electron chi connectivity index (χ3n) is 1.07. The first kappa shape index (κ1) is 6.74. The topological polar surface area (TPSA) is 34.9 Å². The second-order valence-electron chi connectivity index (χ2n) is 1.96. The Bertz CT molecular complexity index is 250. The van der Waals surface area contributed by atoms with Crippen molar-refractivity contribution >= 4 is 12.4 Å². The summed E-state index contributed by atoms with van der Waals surface area (Å²) in [4.78, 5) is 13.8. The van der Waals surface area contributed by atoms with Gasteiger partial charge in [-0.2, -0.15) is 0 Å². The van der Waals surface area contributed by atoms with Crippen LogP contribution in [0.5, 0.6) is 0 Å². The van der Waals surface area contributed by atoms with Crippen LogP contribution in [0, 0.1) is 0 Å². The van der Waals surface area contributed by atoms with Crippen molar-refractivity contribution in [1.29, 1.82) is 0 Å². The third-order valence-corrected chi connectivity index (χ3v) is 1.07. The number of hydrogen-bond acceptors (Lipinski definition) is 2. The highest BCUT2D eigenvalue weighted by Gasteiger charge is 1.87. The van der Waals surface area contributed by atoms with Crippen molar-refractivity contribution in [3.05, 3.63) is 24.3 Å². The van der Waals surface area contributed by atoms with E-state index in [1.54, 1.807) is 12.4 Å². The van der Waals surface area contributed by atoms with Crippen molar-refractivity contribution < 1.29 is 4.79 Å². The van der Waals surface area contributed by atoms with Gasteiger partial charge in [0.15, 0.2) is 0 Å². The fourth-order valence-corrected chi connectivity index (χ4v) is 0.657. The normalized spacial score (nSPS) is 10.5. The van der Waals surface area contributed by atoms with E-state index < -0.39 is 0 Å². The monoisotopic (exact) mass is 136 g/mol. The predicted molar refractivity (Wildman–Crippen MR) is 38.3 cm³/mol. The molecule has 0 atom stereocenters. The molecule has 0 unspecified atom stereocenters. The Morgan fingerprint density at radius 3 is 3.00 bits per heavy atom. The molecule has 52 valence electrons. The number of aryl methyl sites for hydroxylation is 1. The van der Waals surface area contributed by atoms with Crippen molar-refractivity contribution in [3.8, 4) is 0 Å². The number of aromatic nitrogens is 2. The molecule has 0 spiro atoms. The lowest BCUT2D eigenvalue weighted by Gasteiger charge is -1.79. The van der Waals surface area contributed by atoms with E-state index in [-0.39, 0.29) is 0 Å². The second-order valence-corrected chi connectivity index (χ2v) is 1.96. The minimum absolute atomic E-state index is 0.731. The quantitative estimate of drug-likeness (QED) is 0.441. The van der Waals surface area contributed by atoms with E-state index in [1.807, 2.05) is 17.8 Å². The van der Waals surface area contributed by atoms with Crippen molar-refractivity contribution in [3.63, 3.8) is 0 Å². The van der Waals surface area contributed by atoms with Crippen LogP contribution in [0.2, 0.25) is 0 Å². The molecule has 0 bridgehead atoms. The fraction of sp³-hybridized carbons (Fsp3) is 0.143. The molecule has 0 fully saturated rings. The second kappa shape index (κ2) is 2.96. The summed E-state index contributed by atoms with van der Waals surface area (Å²) in [5.41, 5.74) is 0.801. The van der Waals surface area contributed by atoms with E-state index in [9.17, 15) is 4.79 Å². The van der Waals surface area contributed by atoms with E-state index in [4.69, 9.17) is 0 Å². The van der Waals surface area contributed by atoms with Gasteiger partial charge in [-0.3, -0.25) is 4.79 Å². The molecule has 0 aromatic carbocycles. The molecule has 0 saturated heterocycles. The van der Waals surface area contributed by atoms with Gasteiger partial charge in [0, 0.05) is 13.2 Å². The highest BCUT2D eigenvalue weighted by Crippen LogP contribution is 1.94. The first-order valence-corrected chi connectivity index (χ1v) is 2.93. The average Bonchev–Trinajstić information content (AvgIpc) is 2.31. The maximum Gasteiger partial charge on any atom is 0.142 e. The summed E-state index contributed by atoms with van der Waals surface area (Å²) in [6, 6.07) is 0. The molecule has 0 aliphatic heterocycles. The minimum atomic E-state index is 0.731. The van der Waals surface area contributed by atoms with Crippen LogP contribution in [0.15, 0.2) is 18.6 Å². The smallest absolute Gasteiger partial charge is 0.142 e. The summed E-state index contributed by atoms with van der Waals surface area (Å²) in [5.74, 6) is 0. The Morgan fingerprint density at radius 1 is 1.70 bits per heavy atom. The molecule has 1 heterocycles. The zero-order valence-electron chi connectivity index (χ0n) is 5.69. The molecule has 1 aromatic heterocycles. The van der Waals surface area contributed by atoms with Gasteiger partial charge in [0.05, 0.1) is 12.0 Å². The summed E-state index contributed by atoms with van der Waals surface area (Å²) in [6.45, 7) is 0. The largest absolute Gasteiger partial charge is 0.340 e. The van der Waals surface area contributed by atoms with Gasteiger partial charge in [-0.05, 0) is 12.2 Å². The number of carbonyl (C=O) groups is 1. The maximum absolute atomic E-state index is 9.86. The van der Waals surface area contributed by atoms with Gasteiger partial charge in [-0.25, -0.2) is 4.98 Å². The Morgan fingerprint density at radius 2 is 2.50 bits per heavy atom. The molecular weight excluding hydrogens is 128 g/mol. The molecule has 1 rings (SSSR count). The summed E-state index contributed by atoms with van der Waals surface area (Å²) in [5, 5.41) is 0. The lowest BCUT2D eigenvalue weighted by Crippen LogP contribution is -1.77. The van der Waals surface area contributed by atoms with Crippen LogP contribution in [0.1, 0.15) is 5.69 Å². The highest BCUT2D eigenvalue weighted by atomic mass is 16.1. The van der Waals surface area contributed by atoms with Crippen LogP contribution in [0.4, 0.5) is 0 Å². The van der Waals surface area contributed by atoms with Gasteiger partial charge >= 0.3 is 0 Å². The molecule has 0 saturated carbocycles. The van der Waals surface area contributed by atoms with Gasteiger partial charge in [-0.15, -0.1) is 0 Å². The van der Waals surface area contributed by atoms with Crippen LogP contribution in [-0.2, 0) is 11.8 Å². The van der Waals surface area contributed by atoms with Gasteiger partial charge in [0.2, 0.25) is 0 Å². The van der Waals surface area contributed by atoms with E-state index in [2.05, 4.69) is 4.98 Å². The van der Waals surface area contributed by atoms with Gasteiger partial charge in [0.25, 0.3) is 0 Å². The number of allylic oxidation sites excluding steroid dienone is 1. The average molecular weight is 136 g/mol. The summed E-state index contributed by atoms with van der Waals surface area (Å²) in [6.07, 6.45) is 7.33. The van der Waals surface area contributed by atoms with Crippen LogP contribution in [-0.4, -0.2) is 15.8 Å². The maximum atomic E-state index is 9.86.